The van der Waals surface area contributed by atoms with Crippen LogP contribution in [0.2, 0.25) is 0 Å². The van der Waals surface area contributed by atoms with Crippen LogP contribution in [0.4, 0.5) is 0 Å². The summed E-state index contributed by atoms with van der Waals surface area (Å²) in [4.78, 5) is 11.1. The van der Waals surface area contributed by atoms with E-state index in [4.69, 9.17) is 0 Å². The summed E-state index contributed by atoms with van der Waals surface area (Å²) in [5, 5.41) is 11.1. The van der Waals surface area contributed by atoms with E-state index in [1.165, 1.54) is 5.01 Å². The molecule has 0 radical (unpaired) electrons. The molecule has 6 nitrogen and oxygen atoms in total. The predicted molar refractivity (Wildman–Crippen MR) is 111 cm³/mol. The van der Waals surface area contributed by atoms with Gasteiger partial charge in [-0.15, -0.1) is 11.3 Å². The molecule has 2 aromatic heterocycles. The second kappa shape index (κ2) is 8.81. The van der Waals surface area contributed by atoms with E-state index < -0.39 is 0 Å². The fourth-order valence-electron chi connectivity index (χ4n) is 2.74. The monoisotopic (exact) mass is 382 g/mol. The Morgan fingerprint density at radius 1 is 1.30 bits per heavy atom. The molecule has 1 aromatic carbocycles. The zero-order chi connectivity index (χ0) is 19.2. The standard InChI is InChI=1S/C20H26N6S/c1-15(2)19-24-17(14-27-19)11-22-20(21-3)25(4)12-16-10-23-26(13-16)18-8-6-5-7-9-18/h5-10,13-15H,11-12H2,1-4H3,(H,21,22). The van der Waals surface area contributed by atoms with Gasteiger partial charge >= 0.3 is 0 Å². The molecular weight excluding hydrogens is 356 g/mol. The molecule has 3 rings (SSSR count). The van der Waals surface area contributed by atoms with Crippen LogP contribution in [-0.2, 0) is 13.1 Å². The second-order valence-corrected chi connectivity index (χ2v) is 7.61. The second-order valence-electron chi connectivity index (χ2n) is 6.72. The molecule has 0 atom stereocenters. The molecule has 1 N–H and O–H groups in total. The van der Waals surface area contributed by atoms with Gasteiger partial charge in [-0.05, 0) is 12.1 Å². The van der Waals surface area contributed by atoms with Crippen LogP contribution in [0.1, 0.15) is 36.0 Å². The fourth-order valence-corrected chi connectivity index (χ4v) is 3.57. The minimum atomic E-state index is 0.465. The van der Waals surface area contributed by atoms with Gasteiger partial charge in [-0.3, -0.25) is 4.99 Å². The number of para-hydroxylation sites is 1. The molecule has 3 aromatic rings. The van der Waals surface area contributed by atoms with Crippen molar-refractivity contribution in [2.75, 3.05) is 14.1 Å². The summed E-state index contributed by atoms with van der Waals surface area (Å²) in [5.74, 6) is 1.30. The molecular formula is C20H26N6S. The smallest absolute Gasteiger partial charge is 0.194 e. The molecule has 0 bridgehead atoms. The average Bonchev–Trinajstić information content (AvgIpc) is 3.33. The molecule has 0 spiro atoms. The molecule has 0 amide bonds. The van der Waals surface area contributed by atoms with Crippen molar-refractivity contribution in [1.29, 1.82) is 0 Å². The van der Waals surface area contributed by atoms with Gasteiger partial charge in [0, 0.05) is 43.7 Å². The predicted octanol–water partition coefficient (Wildman–Crippen LogP) is 3.66. The topological polar surface area (TPSA) is 58.3 Å². The minimum absolute atomic E-state index is 0.465. The normalized spacial score (nSPS) is 11.8. The summed E-state index contributed by atoms with van der Waals surface area (Å²) in [7, 11) is 3.82. The van der Waals surface area contributed by atoms with E-state index in [9.17, 15) is 0 Å². The van der Waals surface area contributed by atoms with Crippen molar-refractivity contribution in [3.63, 3.8) is 0 Å². The first-order valence-corrected chi connectivity index (χ1v) is 9.90. The number of hydrogen-bond donors (Lipinski definition) is 1. The number of nitrogens with zero attached hydrogens (tertiary/aromatic N) is 5. The van der Waals surface area contributed by atoms with Crippen molar-refractivity contribution in [3.05, 3.63) is 64.4 Å². The molecule has 0 unspecified atom stereocenters. The number of hydrogen-bond acceptors (Lipinski definition) is 4. The largest absolute Gasteiger partial charge is 0.351 e. The molecule has 0 saturated heterocycles. The van der Waals surface area contributed by atoms with Crippen molar-refractivity contribution >= 4 is 17.3 Å². The Hall–Kier alpha value is -2.67. The van der Waals surface area contributed by atoms with Crippen LogP contribution in [0.25, 0.3) is 5.69 Å². The quantitative estimate of drug-likeness (QED) is 0.522. The lowest BCUT2D eigenvalue weighted by atomic mass is 10.2. The SMILES string of the molecule is CN=C(NCc1csc(C(C)C)n1)N(C)Cc1cnn(-c2ccccc2)c1. The zero-order valence-electron chi connectivity index (χ0n) is 16.3. The van der Waals surface area contributed by atoms with Crippen molar-refractivity contribution in [2.45, 2.75) is 32.9 Å². The van der Waals surface area contributed by atoms with Crippen LogP contribution >= 0.6 is 11.3 Å². The van der Waals surface area contributed by atoms with Crippen LogP contribution < -0.4 is 5.32 Å². The summed E-state index contributed by atoms with van der Waals surface area (Å²) in [5.41, 5.74) is 3.23. The highest BCUT2D eigenvalue weighted by Gasteiger charge is 2.10. The van der Waals surface area contributed by atoms with Crippen molar-refractivity contribution in [1.82, 2.24) is 25.0 Å². The van der Waals surface area contributed by atoms with Gasteiger partial charge < -0.3 is 10.2 Å². The van der Waals surface area contributed by atoms with Crippen molar-refractivity contribution in [2.24, 2.45) is 4.99 Å². The highest BCUT2D eigenvalue weighted by atomic mass is 32.1. The highest BCUT2D eigenvalue weighted by molar-refractivity contribution is 7.09. The average molecular weight is 383 g/mol. The third kappa shape index (κ3) is 4.95. The van der Waals surface area contributed by atoms with Crippen LogP contribution in [0, 0.1) is 0 Å². The van der Waals surface area contributed by atoms with Gasteiger partial charge in [0.1, 0.15) is 0 Å². The maximum atomic E-state index is 4.67. The third-order valence-corrected chi connectivity index (χ3v) is 5.34. The maximum Gasteiger partial charge on any atom is 0.194 e. The van der Waals surface area contributed by atoms with E-state index in [2.05, 4.69) is 50.7 Å². The Labute approximate surface area is 164 Å². The summed E-state index contributed by atoms with van der Waals surface area (Å²) < 4.78 is 1.89. The van der Waals surface area contributed by atoms with Crippen LogP contribution in [-0.4, -0.2) is 39.7 Å². The zero-order valence-corrected chi connectivity index (χ0v) is 17.1. The Bertz CT molecular complexity index is 881. The van der Waals surface area contributed by atoms with E-state index >= 15 is 0 Å². The molecule has 0 aliphatic carbocycles. The van der Waals surface area contributed by atoms with E-state index in [-0.39, 0.29) is 0 Å². The van der Waals surface area contributed by atoms with Gasteiger partial charge in [0.15, 0.2) is 5.96 Å². The number of thiazole rings is 1. The van der Waals surface area contributed by atoms with Gasteiger partial charge in [0.05, 0.1) is 29.1 Å². The van der Waals surface area contributed by atoms with E-state index in [1.54, 1.807) is 18.4 Å². The molecule has 0 aliphatic heterocycles. The Morgan fingerprint density at radius 2 is 2.07 bits per heavy atom. The van der Waals surface area contributed by atoms with Gasteiger partial charge in [0.2, 0.25) is 0 Å². The van der Waals surface area contributed by atoms with Gasteiger partial charge in [-0.1, -0.05) is 32.0 Å². The molecule has 2 heterocycles. The number of rotatable bonds is 6. The number of nitrogens with one attached hydrogen (secondary N) is 1. The van der Waals surface area contributed by atoms with Crippen molar-refractivity contribution in [3.8, 4) is 5.69 Å². The lowest BCUT2D eigenvalue weighted by Gasteiger charge is -2.21. The van der Waals surface area contributed by atoms with E-state index in [1.807, 2.05) is 48.3 Å². The Morgan fingerprint density at radius 3 is 2.74 bits per heavy atom. The fraction of sp³-hybridized carbons (Fsp3) is 0.350. The molecule has 7 heteroatoms. The Kier molecular flexibility index (Phi) is 6.24. The molecule has 0 fully saturated rings. The molecule has 0 saturated carbocycles. The molecule has 142 valence electrons. The van der Waals surface area contributed by atoms with Crippen molar-refractivity contribution < 1.29 is 0 Å². The number of aromatic nitrogens is 3. The highest BCUT2D eigenvalue weighted by Crippen LogP contribution is 2.19. The lowest BCUT2D eigenvalue weighted by molar-refractivity contribution is 0.476. The van der Waals surface area contributed by atoms with Gasteiger partial charge in [-0.25, -0.2) is 9.67 Å². The minimum Gasteiger partial charge on any atom is -0.351 e. The summed E-state index contributed by atoms with van der Waals surface area (Å²) >= 11 is 1.71. The summed E-state index contributed by atoms with van der Waals surface area (Å²) in [6.07, 6.45) is 3.95. The third-order valence-electron chi connectivity index (χ3n) is 4.14. The number of guanidine groups is 1. The first kappa shape index (κ1) is 19.1. The summed E-state index contributed by atoms with van der Waals surface area (Å²) in [6.45, 7) is 5.72. The first-order chi connectivity index (χ1) is 13.1. The van der Waals surface area contributed by atoms with E-state index in [0.29, 0.717) is 12.5 Å². The molecule has 0 aliphatic rings. The first-order valence-electron chi connectivity index (χ1n) is 9.02. The Balaban J connectivity index is 1.58. The van der Waals surface area contributed by atoms with Crippen LogP contribution in [0.15, 0.2) is 53.1 Å². The summed E-state index contributed by atoms with van der Waals surface area (Å²) in [6, 6.07) is 10.1. The molecule has 27 heavy (non-hydrogen) atoms. The van der Waals surface area contributed by atoms with Gasteiger partial charge in [0.25, 0.3) is 0 Å². The van der Waals surface area contributed by atoms with Crippen LogP contribution in [0.3, 0.4) is 0 Å². The van der Waals surface area contributed by atoms with E-state index in [0.717, 1.165) is 29.4 Å². The number of aliphatic imine (C=N–C) groups is 1. The lowest BCUT2D eigenvalue weighted by Crippen LogP contribution is -2.38. The van der Waals surface area contributed by atoms with Gasteiger partial charge in [-0.2, -0.15) is 5.10 Å². The maximum absolute atomic E-state index is 4.67. The number of benzene rings is 1. The van der Waals surface area contributed by atoms with Crippen LogP contribution in [0.5, 0.6) is 0 Å².